The van der Waals surface area contributed by atoms with E-state index in [1.807, 2.05) is 44.2 Å². The summed E-state index contributed by atoms with van der Waals surface area (Å²) in [6, 6.07) is 13.8. The molecule has 2 aromatic heterocycles. The normalized spacial score (nSPS) is 13.7. The van der Waals surface area contributed by atoms with Gasteiger partial charge in [-0.3, -0.25) is 4.79 Å². The molecule has 0 spiro atoms. The Morgan fingerprint density at radius 1 is 1.09 bits per heavy atom. The van der Waals surface area contributed by atoms with Crippen LogP contribution in [0.2, 0.25) is 0 Å². The number of nitrogens with one attached hydrogen (secondary N) is 1. The topological polar surface area (TPSA) is 85.4 Å². The lowest BCUT2D eigenvalue weighted by Gasteiger charge is -2.29. The average molecular weight is 536 g/mol. The van der Waals surface area contributed by atoms with Crippen LogP contribution in [0.5, 0.6) is 0 Å². The number of halogens is 1. The first kappa shape index (κ1) is 23.3. The van der Waals surface area contributed by atoms with E-state index in [0.717, 1.165) is 45.6 Å². The van der Waals surface area contributed by atoms with E-state index in [9.17, 15) is 4.79 Å². The van der Waals surface area contributed by atoms with E-state index < -0.39 is 0 Å². The SMILES string of the molecule is CCNc1cc(-c2cc(Br)cc(-c3ncco3)c2)nn(-c2cc(N3CCOCC3)ccc2C)c1=O. The zero-order valence-electron chi connectivity index (χ0n) is 19.6. The Balaban J connectivity index is 1.65. The molecule has 5 rings (SSSR count). The van der Waals surface area contributed by atoms with E-state index in [-0.39, 0.29) is 5.56 Å². The first-order chi connectivity index (χ1) is 17.0. The molecule has 0 saturated carbocycles. The lowest BCUT2D eigenvalue weighted by Crippen LogP contribution is -2.36. The second-order valence-corrected chi connectivity index (χ2v) is 9.24. The van der Waals surface area contributed by atoms with E-state index in [1.54, 1.807) is 18.5 Å². The van der Waals surface area contributed by atoms with Crippen molar-refractivity contribution in [2.75, 3.05) is 43.1 Å². The van der Waals surface area contributed by atoms with E-state index in [2.05, 4.69) is 37.2 Å². The van der Waals surface area contributed by atoms with Gasteiger partial charge in [-0.25, -0.2) is 4.98 Å². The van der Waals surface area contributed by atoms with Crippen molar-refractivity contribution in [2.24, 2.45) is 0 Å². The van der Waals surface area contributed by atoms with Gasteiger partial charge < -0.3 is 19.4 Å². The number of anilines is 2. The van der Waals surface area contributed by atoms with Crippen LogP contribution in [0.25, 0.3) is 28.4 Å². The minimum absolute atomic E-state index is 0.194. The summed E-state index contributed by atoms with van der Waals surface area (Å²) in [5.74, 6) is 0.516. The number of morpholine rings is 1. The van der Waals surface area contributed by atoms with Gasteiger partial charge in [0.1, 0.15) is 12.0 Å². The molecular formula is C26H26BrN5O3. The number of hydrogen-bond acceptors (Lipinski definition) is 7. The average Bonchev–Trinajstić information content (AvgIpc) is 3.41. The number of aryl methyl sites for hydroxylation is 1. The highest BCUT2D eigenvalue weighted by Gasteiger charge is 2.17. The van der Waals surface area contributed by atoms with Crippen molar-refractivity contribution in [2.45, 2.75) is 13.8 Å². The summed E-state index contributed by atoms with van der Waals surface area (Å²) in [5.41, 5.74) is 5.37. The first-order valence-corrected chi connectivity index (χ1v) is 12.4. The third-order valence-corrected chi connectivity index (χ3v) is 6.41. The number of nitrogens with zero attached hydrogens (tertiary/aromatic N) is 4. The van der Waals surface area contributed by atoms with Gasteiger partial charge in [-0.2, -0.15) is 9.78 Å². The third-order valence-electron chi connectivity index (χ3n) is 5.95. The minimum atomic E-state index is -0.194. The van der Waals surface area contributed by atoms with Crippen molar-refractivity contribution in [3.05, 3.63) is 75.3 Å². The lowest BCUT2D eigenvalue weighted by atomic mass is 10.1. The second-order valence-electron chi connectivity index (χ2n) is 8.33. The summed E-state index contributed by atoms with van der Waals surface area (Å²) in [6.07, 6.45) is 3.16. The zero-order chi connectivity index (χ0) is 24.4. The standard InChI is InChI=1S/C26H26BrN5O3/c1-3-28-23-16-22(18-12-19(14-20(27)13-18)25-29-6-9-35-25)30-32(26(23)33)24-15-21(5-4-17(24)2)31-7-10-34-11-8-31/h4-6,9,12-16,28H,3,7-8,10-11H2,1-2H3. The Hall–Kier alpha value is -3.43. The van der Waals surface area contributed by atoms with Crippen LogP contribution in [0.1, 0.15) is 12.5 Å². The van der Waals surface area contributed by atoms with Crippen LogP contribution >= 0.6 is 15.9 Å². The summed E-state index contributed by atoms with van der Waals surface area (Å²) in [6.45, 7) is 7.59. The van der Waals surface area contributed by atoms with Crippen molar-refractivity contribution in [3.63, 3.8) is 0 Å². The molecule has 35 heavy (non-hydrogen) atoms. The molecule has 0 atom stereocenters. The Labute approximate surface area is 211 Å². The highest BCUT2D eigenvalue weighted by atomic mass is 79.9. The van der Waals surface area contributed by atoms with Gasteiger partial charge in [0.25, 0.3) is 5.56 Å². The molecule has 0 bridgehead atoms. The molecule has 4 aromatic rings. The molecule has 1 fully saturated rings. The number of rotatable bonds is 6. The summed E-state index contributed by atoms with van der Waals surface area (Å²) in [5, 5.41) is 8.02. The van der Waals surface area contributed by atoms with Gasteiger partial charge in [-0.1, -0.05) is 22.0 Å². The van der Waals surface area contributed by atoms with Gasteiger partial charge in [-0.05, 0) is 55.8 Å². The Morgan fingerprint density at radius 2 is 1.89 bits per heavy atom. The van der Waals surface area contributed by atoms with Crippen LogP contribution in [0.3, 0.4) is 0 Å². The molecule has 8 nitrogen and oxygen atoms in total. The maximum absolute atomic E-state index is 13.5. The first-order valence-electron chi connectivity index (χ1n) is 11.6. The van der Waals surface area contributed by atoms with Crippen molar-refractivity contribution >= 4 is 27.3 Å². The maximum Gasteiger partial charge on any atom is 0.294 e. The van der Waals surface area contributed by atoms with Gasteiger partial charge in [0.05, 0.1) is 30.8 Å². The molecule has 0 amide bonds. The fourth-order valence-corrected chi connectivity index (χ4v) is 4.68. The molecule has 1 aliphatic rings. The van der Waals surface area contributed by atoms with Crippen molar-refractivity contribution in [1.82, 2.24) is 14.8 Å². The fraction of sp³-hybridized carbons (Fsp3) is 0.269. The summed E-state index contributed by atoms with van der Waals surface area (Å²) in [7, 11) is 0. The predicted octanol–water partition coefficient (Wildman–Crippen LogP) is 4.89. The fourth-order valence-electron chi connectivity index (χ4n) is 4.19. The molecular weight excluding hydrogens is 510 g/mol. The highest BCUT2D eigenvalue weighted by Crippen LogP contribution is 2.30. The molecule has 3 heterocycles. The van der Waals surface area contributed by atoms with Crippen LogP contribution in [0.15, 0.2) is 68.6 Å². The molecule has 2 aromatic carbocycles. The predicted molar refractivity (Wildman–Crippen MR) is 140 cm³/mol. The zero-order valence-corrected chi connectivity index (χ0v) is 21.2. The van der Waals surface area contributed by atoms with E-state index in [0.29, 0.717) is 37.0 Å². The summed E-state index contributed by atoms with van der Waals surface area (Å²) < 4.78 is 13.4. The Kier molecular flexibility index (Phi) is 6.70. The number of oxazole rings is 1. The van der Waals surface area contributed by atoms with Crippen molar-refractivity contribution < 1.29 is 9.15 Å². The Bertz CT molecular complexity index is 1390. The third kappa shape index (κ3) is 4.87. The quantitative estimate of drug-likeness (QED) is 0.376. The summed E-state index contributed by atoms with van der Waals surface area (Å²) in [4.78, 5) is 20.0. The van der Waals surface area contributed by atoms with E-state index in [4.69, 9.17) is 14.3 Å². The molecule has 1 saturated heterocycles. The van der Waals surface area contributed by atoms with Gasteiger partial charge in [0.15, 0.2) is 0 Å². The van der Waals surface area contributed by atoms with Gasteiger partial charge in [0.2, 0.25) is 5.89 Å². The minimum Gasteiger partial charge on any atom is -0.445 e. The molecule has 1 N–H and O–H groups in total. The molecule has 9 heteroatoms. The molecule has 0 unspecified atom stereocenters. The van der Waals surface area contributed by atoms with E-state index >= 15 is 0 Å². The van der Waals surface area contributed by atoms with Crippen LogP contribution in [-0.2, 0) is 4.74 Å². The van der Waals surface area contributed by atoms with E-state index in [1.165, 1.54) is 4.68 Å². The maximum atomic E-state index is 13.5. The smallest absolute Gasteiger partial charge is 0.294 e. The highest BCUT2D eigenvalue weighted by molar-refractivity contribution is 9.10. The van der Waals surface area contributed by atoms with Crippen molar-refractivity contribution in [1.29, 1.82) is 0 Å². The molecule has 1 aliphatic heterocycles. The molecule has 0 aliphatic carbocycles. The summed E-state index contributed by atoms with van der Waals surface area (Å²) >= 11 is 3.59. The van der Waals surface area contributed by atoms with Crippen LogP contribution in [0, 0.1) is 6.92 Å². The van der Waals surface area contributed by atoms with Crippen LogP contribution < -0.4 is 15.8 Å². The van der Waals surface area contributed by atoms with Gasteiger partial charge >= 0.3 is 0 Å². The molecule has 0 radical (unpaired) electrons. The van der Waals surface area contributed by atoms with Crippen molar-refractivity contribution in [3.8, 4) is 28.4 Å². The van der Waals surface area contributed by atoms with Gasteiger partial charge in [-0.15, -0.1) is 0 Å². The number of hydrogen-bond donors (Lipinski definition) is 1. The number of benzene rings is 2. The second kappa shape index (κ2) is 10.1. The molecule has 180 valence electrons. The van der Waals surface area contributed by atoms with Crippen LogP contribution in [-0.4, -0.2) is 47.6 Å². The number of aromatic nitrogens is 3. The van der Waals surface area contributed by atoms with Crippen LogP contribution in [0.4, 0.5) is 11.4 Å². The van der Waals surface area contributed by atoms with Gasteiger partial charge in [0, 0.05) is 40.9 Å². The Morgan fingerprint density at radius 3 is 2.63 bits per heavy atom. The largest absolute Gasteiger partial charge is 0.445 e. The monoisotopic (exact) mass is 535 g/mol. The lowest BCUT2D eigenvalue weighted by molar-refractivity contribution is 0.122. The number of ether oxygens (including phenoxy) is 1.